The predicted octanol–water partition coefficient (Wildman–Crippen LogP) is 3.22. The van der Waals surface area contributed by atoms with Crippen molar-refractivity contribution in [3.05, 3.63) is 33.9 Å². The van der Waals surface area contributed by atoms with Crippen LogP contribution in [0.3, 0.4) is 0 Å². The number of hydrogen-bond acceptors (Lipinski definition) is 4. The van der Waals surface area contributed by atoms with Gasteiger partial charge in [0.05, 0.1) is 21.7 Å². The fraction of sp³-hybridized carbons (Fsp3) is 0.273. The van der Waals surface area contributed by atoms with Gasteiger partial charge in [0.15, 0.2) is 0 Å². The van der Waals surface area contributed by atoms with Crippen LogP contribution in [0, 0.1) is 6.92 Å². The molecule has 1 N–H and O–H groups in total. The number of nitrogens with zero attached hydrogens (tertiary/aromatic N) is 2. The lowest BCUT2D eigenvalue weighted by Crippen LogP contribution is -1.88. The van der Waals surface area contributed by atoms with E-state index in [0.717, 1.165) is 15.6 Å². The second kappa shape index (κ2) is 4.49. The minimum absolute atomic E-state index is 0.506. The third-order valence-corrected chi connectivity index (χ3v) is 3.81. The van der Waals surface area contributed by atoms with Gasteiger partial charge < -0.3 is 5.11 Å². The molecule has 0 saturated heterocycles. The number of aromatic nitrogens is 2. The fourth-order valence-corrected chi connectivity index (χ4v) is 2.72. The van der Waals surface area contributed by atoms with E-state index in [2.05, 4.69) is 9.97 Å². The van der Waals surface area contributed by atoms with Crippen LogP contribution >= 0.6 is 22.9 Å². The molecule has 0 bridgehead atoms. The summed E-state index contributed by atoms with van der Waals surface area (Å²) in [6, 6.07) is 3.56. The predicted molar refractivity (Wildman–Crippen MR) is 65.7 cm³/mol. The van der Waals surface area contributed by atoms with E-state index < -0.39 is 6.10 Å². The minimum atomic E-state index is -0.506. The zero-order chi connectivity index (χ0) is 11.7. The molecule has 0 amide bonds. The first-order valence-corrected chi connectivity index (χ1v) is 6.05. The lowest BCUT2D eigenvalue weighted by Gasteiger charge is -1.99. The molecule has 0 aromatic carbocycles. The van der Waals surface area contributed by atoms with Gasteiger partial charge in [-0.05, 0) is 26.0 Å². The highest BCUT2D eigenvalue weighted by molar-refractivity contribution is 7.15. The first-order chi connectivity index (χ1) is 7.59. The van der Waals surface area contributed by atoms with Crippen molar-refractivity contribution in [1.29, 1.82) is 0 Å². The molecule has 5 heteroatoms. The molecule has 84 valence electrons. The summed E-state index contributed by atoms with van der Waals surface area (Å²) in [5.41, 5.74) is 1.50. The average molecular weight is 255 g/mol. The molecular weight excluding hydrogens is 244 g/mol. The fourth-order valence-electron chi connectivity index (χ4n) is 1.44. The first kappa shape index (κ1) is 11.5. The van der Waals surface area contributed by atoms with Gasteiger partial charge in [-0.2, -0.15) is 0 Å². The Kier molecular flexibility index (Phi) is 3.23. The van der Waals surface area contributed by atoms with E-state index in [1.807, 2.05) is 6.92 Å². The van der Waals surface area contributed by atoms with Gasteiger partial charge in [0.2, 0.25) is 0 Å². The molecule has 3 nitrogen and oxygen atoms in total. The van der Waals surface area contributed by atoms with Crippen molar-refractivity contribution in [3.63, 3.8) is 0 Å². The minimum Gasteiger partial charge on any atom is -0.388 e. The van der Waals surface area contributed by atoms with E-state index in [1.165, 1.54) is 11.3 Å². The molecule has 2 heterocycles. The summed E-state index contributed by atoms with van der Waals surface area (Å²) in [6.45, 7) is 3.60. The number of thiazole rings is 1. The number of aliphatic hydroxyl groups is 1. The number of aliphatic hydroxyl groups excluding tert-OH is 1. The number of rotatable bonds is 2. The van der Waals surface area contributed by atoms with Gasteiger partial charge in [0.1, 0.15) is 10.7 Å². The molecule has 2 aromatic rings. The van der Waals surface area contributed by atoms with Crippen LogP contribution < -0.4 is 0 Å². The molecule has 0 saturated carbocycles. The second-order valence-corrected chi connectivity index (χ2v) is 4.92. The van der Waals surface area contributed by atoms with Crippen molar-refractivity contribution < 1.29 is 5.11 Å². The molecule has 0 spiro atoms. The number of aryl methyl sites for hydroxylation is 1. The van der Waals surface area contributed by atoms with Crippen LogP contribution in [-0.4, -0.2) is 15.1 Å². The molecule has 0 aliphatic carbocycles. The smallest absolute Gasteiger partial charge is 0.144 e. The Bertz CT molecular complexity index is 510. The Labute approximate surface area is 103 Å². The summed E-state index contributed by atoms with van der Waals surface area (Å²) < 4.78 is 0. The van der Waals surface area contributed by atoms with Gasteiger partial charge in [0, 0.05) is 6.20 Å². The molecule has 1 unspecified atom stereocenters. The monoisotopic (exact) mass is 254 g/mol. The molecule has 2 aromatic heterocycles. The van der Waals surface area contributed by atoms with E-state index in [-0.39, 0.29) is 0 Å². The van der Waals surface area contributed by atoms with Gasteiger partial charge in [-0.1, -0.05) is 11.6 Å². The third kappa shape index (κ3) is 2.09. The molecule has 0 radical (unpaired) electrons. The highest BCUT2D eigenvalue weighted by Crippen LogP contribution is 2.33. The number of pyridine rings is 1. The molecule has 0 fully saturated rings. The SMILES string of the molecule is Cc1nc(-c2ncccc2Cl)sc1C(C)O. The van der Waals surface area contributed by atoms with Crippen molar-refractivity contribution in [2.75, 3.05) is 0 Å². The van der Waals surface area contributed by atoms with Crippen LogP contribution in [0.1, 0.15) is 23.6 Å². The van der Waals surface area contributed by atoms with E-state index in [4.69, 9.17) is 11.6 Å². The Balaban J connectivity index is 2.50. The normalized spacial score (nSPS) is 12.8. The molecule has 0 aliphatic rings. The average Bonchev–Trinajstić information content (AvgIpc) is 2.61. The van der Waals surface area contributed by atoms with Crippen molar-refractivity contribution >= 4 is 22.9 Å². The molecule has 1 atom stereocenters. The summed E-state index contributed by atoms with van der Waals surface area (Å²) in [4.78, 5) is 9.43. The van der Waals surface area contributed by atoms with Crippen molar-refractivity contribution in [1.82, 2.24) is 9.97 Å². The maximum Gasteiger partial charge on any atom is 0.144 e. The Hall–Kier alpha value is -0.970. The first-order valence-electron chi connectivity index (χ1n) is 4.86. The van der Waals surface area contributed by atoms with Crippen molar-refractivity contribution in [3.8, 4) is 10.7 Å². The number of hydrogen-bond donors (Lipinski definition) is 1. The van der Waals surface area contributed by atoms with Crippen LogP contribution in [0.2, 0.25) is 5.02 Å². The van der Waals surface area contributed by atoms with Gasteiger partial charge in [0.25, 0.3) is 0 Å². The van der Waals surface area contributed by atoms with E-state index in [1.54, 1.807) is 25.3 Å². The largest absolute Gasteiger partial charge is 0.388 e. The summed E-state index contributed by atoms with van der Waals surface area (Å²) in [7, 11) is 0. The van der Waals surface area contributed by atoms with Crippen LogP contribution in [0.15, 0.2) is 18.3 Å². The molecule has 2 rings (SSSR count). The van der Waals surface area contributed by atoms with Gasteiger partial charge in [-0.25, -0.2) is 4.98 Å². The Morgan fingerprint density at radius 2 is 2.25 bits per heavy atom. The molecular formula is C11H11ClN2OS. The highest BCUT2D eigenvalue weighted by atomic mass is 35.5. The van der Waals surface area contributed by atoms with E-state index >= 15 is 0 Å². The number of halogens is 1. The zero-order valence-electron chi connectivity index (χ0n) is 8.94. The van der Waals surface area contributed by atoms with Crippen LogP contribution in [-0.2, 0) is 0 Å². The van der Waals surface area contributed by atoms with Crippen molar-refractivity contribution in [2.45, 2.75) is 20.0 Å². The maximum atomic E-state index is 9.55. The van der Waals surface area contributed by atoms with E-state index in [9.17, 15) is 5.11 Å². The summed E-state index contributed by atoms with van der Waals surface area (Å²) in [6.07, 6.45) is 1.17. The molecule has 0 aliphatic heterocycles. The Morgan fingerprint density at radius 1 is 1.50 bits per heavy atom. The van der Waals surface area contributed by atoms with Gasteiger partial charge >= 0.3 is 0 Å². The topological polar surface area (TPSA) is 46.0 Å². The van der Waals surface area contributed by atoms with Gasteiger partial charge in [-0.15, -0.1) is 11.3 Å². The van der Waals surface area contributed by atoms with Crippen molar-refractivity contribution in [2.24, 2.45) is 0 Å². The summed E-state index contributed by atoms with van der Waals surface area (Å²) >= 11 is 7.47. The zero-order valence-corrected chi connectivity index (χ0v) is 10.5. The van der Waals surface area contributed by atoms with Crippen LogP contribution in [0.5, 0.6) is 0 Å². The lowest BCUT2D eigenvalue weighted by atomic mass is 10.3. The molecule has 16 heavy (non-hydrogen) atoms. The summed E-state index contributed by atoms with van der Waals surface area (Å²) in [5, 5.41) is 10.9. The third-order valence-electron chi connectivity index (χ3n) is 2.17. The Morgan fingerprint density at radius 3 is 2.81 bits per heavy atom. The highest BCUT2D eigenvalue weighted by Gasteiger charge is 2.15. The van der Waals surface area contributed by atoms with Crippen LogP contribution in [0.4, 0.5) is 0 Å². The maximum absolute atomic E-state index is 9.55. The van der Waals surface area contributed by atoms with Crippen LogP contribution in [0.25, 0.3) is 10.7 Å². The summed E-state index contributed by atoms with van der Waals surface area (Å²) in [5.74, 6) is 0. The quantitative estimate of drug-likeness (QED) is 0.895. The second-order valence-electron chi connectivity index (χ2n) is 3.48. The van der Waals surface area contributed by atoms with Gasteiger partial charge in [-0.3, -0.25) is 4.98 Å². The van der Waals surface area contributed by atoms with E-state index in [0.29, 0.717) is 10.7 Å². The lowest BCUT2D eigenvalue weighted by molar-refractivity contribution is 0.202. The standard InChI is InChI=1S/C11H11ClN2OS/c1-6-10(7(2)15)16-11(14-6)9-8(12)4-3-5-13-9/h3-5,7,15H,1-2H3.